The van der Waals surface area contributed by atoms with Gasteiger partial charge in [-0.2, -0.15) is 0 Å². The number of carbonyl (C=O) groups is 8. The molecule has 0 radical (unpaired) electrons. The highest BCUT2D eigenvalue weighted by Gasteiger charge is 2.31. The molecule has 0 aliphatic heterocycles. The smallest absolute Gasteiger partial charge is 0.328 e. The van der Waals surface area contributed by atoms with Crippen molar-refractivity contribution in [3.05, 3.63) is 35.9 Å². The van der Waals surface area contributed by atoms with Crippen LogP contribution >= 0.6 is 0 Å². The summed E-state index contributed by atoms with van der Waals surface area (Å²) < 4.78 is 0. The quantitative estimate of drug-likeness (QED) is 0.0575. The second-order valence-electron chi connectivity index (χ2n) is 12.0. The Morgan fingerprint density at radius 1 is 0.686 bits per heavy atom. The van der Waals surface area contributed by atoms with Gasteiger partial charge in [-0.05, 0) is 38.7 Å². The third kappa shape index (κ3) is 15.5. The molecule has 0 heterocycles. The van der Waals surface area contributed by atoms with E-state index in [1.807, 2.05) is 35.6 Å². The van der Waals surface area contributed by atoms with Crippen LogP contribution in [0, 0.1) is 5.92 Å². The Morgan fingerprint density at radius 2 is 1.20 bits per heavy atom. The first-order chi connectivity index (χ1) is 23.9. The summed E-state index contributed by atoms with van der Waals surface area (Å²) in [7, 11) is 0. The average molecular weight is 723 g/mol. The molecule has 0 spiro atoms. The number of benzene rings is 1. The number of hydrogen-bond donors (Lipinski definition) is 11. The first kappa shape index (κ1) is 43.9. The molecule has 0 saturated heterocycles. The highest BCUT2D eigenvalue weighted by Crippen LogP contribution is 2.08. The van der Waals surface area contributed by atoms with Gasteiger partial charge in [-0.15, -0.1) is 0 Å². The standard InChI is InChI=1S/C32H50N8O11/c1-6-16(2)25(30(48)35-14-24(44)40-26(19(5)42)31(49)38-22(15-41)32(50)51)39-23(43)13-34-27(45)17(3)36-28(46)18(4)37-29(47)21(33)12-20-10-8-7-9-11-20/h7-11,16-19,21-22,25-26,41-42H,6,12-15,33H2,1-5H3,(H,34,45)(H,35,48)(H,36,46)(H,37,47)(H,38,49)(H,39,43)(H,40,44)(H,50,51)/t16-,17-,18-,19+,21-,22-,25-,26-/m0/s1. The van der Waals surface area contributed by atoms with Crippen molar-refractivity contribution in [2.24, 2.45) is 11.7 Å². The molecular weight excluding hydrogens is 672 g/mol. The van der Waals surface area contributed by atoms with Gasteiger partial charge in [0.25, 0.3) is 0 Å². The molecule has 1 aromatic rings. The molecule has 0 unspecified atom stereocenters. The minimum atomic E-state index is -1.68. The predicted molar refractivity (Wildman–Crippen MR) is 181 cm³/mol. The van der Waals surface area contributed by atoms with E-state index in [1.165, 1.54) is 13.8 Å². The van der Waals surface area contributed by atoms with Crippen LogP contribution in [0.2, 0.25) is 0 Å². The van der Waals surface area contributed by atoms with Gasteiger partial charge in [0.15, 0.2) is 0 Å². The molecule has 8 atom stereocenters. The lowest BCUT2D eigenvalue weighted by Crippen LogP contribution is -2.58. The Balaban J connectivity index is 2.64. The average Bonchev–Trinajstić information content (AvgIpc) is 3.09. The molecule has 7 amide bonds. The van der Waals surface area contributed by atoms with Gasteiger partial charge >= 0.3 is 5.97 Å². The van der Waals surface area contributed by atoms with Gasteiger partial charge < -0.3 is 58.3 Å². The molecule has 1 rings (SSSR count). The van der Waals surface area contributed by atoms with Crippen LogP contribution in [-0.2, 0) is 44.8 Å². The number of nitrogens with two attached hydrogens (primary N) is 1. The Bertz CT molecular complexity index is 1380. The van der Waals surface area contributed by atoms with Crippen molar-refractivity contribution in [3.63, 3.8) is 0 Å². The Morgan fingerprint density at radius 3 is 1.71 bits per heavy atom. The monoisotopic (exact) mass is 722 g/mol. The van der Waals surface area contributed by atoms with E-state index in [1.54, 1.807) is 13.8 Å². The lowest BCUT2D eigenvalue weighted by Gasteiger charge is -2.25. The molecule has 19 nitrogen and oxygen atoms in total. The van der Waals surface area contributed by atoms with Gasteiger partial charge in [0, 0.05) is 0 Å². The summed E-state index contributed by atoms with van der Waals surface area (Å²) in [5.74, 6) is -7.50. The van der Waals surface area contributed by atoms with E-state index < -0.39 is 115 Å². The van der Waals surface area contributed by atoms with E-state index in [2.05, 4.69) is 31.9 Å². The number of aliphatic hydroxyl groups excluding tert-OH is 2. The van der Waals surface area contributed by atoms with E-state index >= 15 is 0 Å². The number of amides is 7. The van der Waals surface area contributed by atoms with Crippen LogP contribution in [0.15, 0.2) is 30.3 Å². The van der Waals surface area contributed by atoms with Crippen LogP contribution in [0.25, 0.3) is 0 Å². The summed E-state index contributed by atoms with van der Waals surface area (Å²) in [6.07, 6.45) is -0.799. The Labute approximate surface area is 295 Å². The number of aliphatic carboxylic acids is 1. The second-order valence-corrected chi connectivity index (χ2v) is 12.0. The van der Waals surface area contributed by atoms with Crippen molar-refractivity contribution in [3.8, 4) is 0 Å². The zero-order valence-corrected chi connectivity index (χ0v) is 29.2. The first-order valence-electron chi connectivity index (χ1n) is 16.3. The maximum absolute atomic E-state index is 12.9. The van der Waals surface area contributed by atoms with Crippen molar-refractivity contribution >= 4 is 47.3 Å². The number of hydrogen-bond acceptors (Lipinski definition) is 11. The molecule has 1 aromatic carbocycles. The molecule has 0 aliphatic rings. The molecule has 284 valence electrons. The van der Waals surface area contributed by atoms with Gasteiger partial charge in [-0.25, -0.2) is 4.79 Å². The molecule has 51 heavy (non-hydrogen) atoms. The normalized spacial score (nSPS) is 15.5. The fourth-order valence-electron chi connectivity index (χ4n) is 4.35. The van der Waals surface area contributed by atoms with Crippen LogP contribution in [0.3, 0.4) is 0 Å². The lowest BCUT2D eigenvalue weighted by molar-refractivity contribution is -0.144. The minimum absolute atomic E-state index is 0.256. The van der Waals surface area contributed by atoms with Crippen molar-refractivity contribution in [1.82, 2.24) is 37.2 Å². The summed E-state index contributed by atoms with van der Waals surface area (Å²) in [6.45, 7) is 5.15. The van der Waals surface area contributed by atoms with Crippen molar-refractivity contribution in [1.29, 1.82) is 0 Å². The van der Waals surface area contributed by atoms with E-state index in [0.29, 0.717) is 6.42 Å². The highest BCUT2D eigenvalue weighted by atomic mass is 16.4. The van der Waals surface area contributed by atoms with Gasteiger partial charge in [0.2, 0.25) is 41.4 Å². The largest absolute Gasteiger partial charge is 0.480 e. The van der Waals surface area contributed by atoms with Crippen LogP contribution in [0.1, 0.15) is 46.6 Å². The number of carboxylic acid groups (broad SMARTS) is 1. The molecule has 0 bridgehead atoms. The lowest BCUT2D eigenvalue weighted by atomic mass is 9.98. The molecule has 0 fully saturated rings. The predicted octanol–water partition coefficient (Wildman–Crippen LogP) is -4.24. The van der Waals surface area contributed by atoms with Crippen LogP contribution in [0.5, 0.6) is 0 Å². The van der Waals surface area contributed by atoms with Gasteiger partial charge in [-0.1, -0.05) is 50.6 Å². The summed E-state index contributed by atoms with van der Waals surface area (Å²) in [5, 5.41) is 44.2. The van der Waals surface area contributed by atoms with E-state index in [9.17, 15) is 43.5 Å². The topological polar surface area (TPSA) is 307 Å². The molecule has 0 saturated carbocycles. The summed E-state index contributed by atoms with van der Waals surface area (Å²) >= 11 is 0. The minimum Gasteiger partial charge on any atom is -0.480 e. The number of carboxylic acids is 1. The first-order valence-corrected chi connectivity index (χ1v) is 16.3. The third-order valence-corrected chi connectivity index (χ3v) is 7.68. The van der Waals surface area contributed by atoms with E-state index in [0.717, 1.165) is 12.5 Å². The van der Waals surface area contributed by atoms with Crippen LogP contribution in [-0.4, -0.2) is 125 Å². The van der Waals surface area contributed by atoms with Crippen molar-refractivity contribution < 1.29 is 53.7 Å². The molecule has 12 N–H and O–H groups in total. The summed E-state index contributed by atoms with van der Waals surface area (Å²) in [6, 6.07) is 1.58. The fourth-order valence-corrected chi connectivity index (χ4v) is 4.35. The van der Waals surface area contributed by atoms with Gasteiger partial charge in [-0.3, -0.25) is 33.6 Å². The highest BCUT2D eigenvalue weighted by molar-refractivity contribution is 5.96. The molecule has 19 heteroatoms. The van der Waals surface area contributed by atoms with Gasteiger partial charge in [0.05, 0.1) is 31.8 Å². The van der Waals surface area contributed by atoms with E-state index in [4.69, 9.17) is 15.9 Å². The number of carbonyl (C=O) groups excluding carboxylic acids is 7. The SMILES string of the molecule is CC[C@H](C)[C@H](NC(=O)CNC(=O)[C@H](C)NC(=O)[C@H](C)NC(=O)[C@@H](N)Cc1ccccc1)C(=O)NCC(=O)N[C@H](C(=O)N[C@@H](CO)C(=O)O)[C@@H](C)O. The maximum atomic E-state index is 12.9. The van der Waals surface area contributed by atoms with Crippen LogP contribution < -0.4 is 43.0 Å². The van der Waals surface area contributed by atoms with Gasteiger partial charge in [0.1, 0.15) is 30.2 Å². The summed E-state index contributed by atoms with van der Waals surface area (Å²) in [4.78, 5) is 99.2. The van der Waals surface area contributed by atoms with Crippen molar-refractivity contribution in [2.75, 3.05) is 19.7 Å². The number of nitrogens with one attached hydrogen (secondary N) is 7. The Hall–Kier alpha value is -5.14. The third-order valence-electron chi connectivity index (χ3n) is 7.68. The second kappa shape index (κ2) is 21.8. The zero-order chi connectivity index (χ0) is 38.8. The maximum Gasteiger partial charge on any atom is 0.328 e. The molecule has 0 aliphatic carbocycles. The summed E-state index contributed by atoms with van der Waals surface area (Å²) in [5.41, 5.74) is 6.80. The fraction of sp³-hybridized carbons (Fsp3) is 0.562. The Kier molecular flexibility index (Phi) is 18.8. The molecule has 0 aromatic heterocycles. The van der Waals surface area contributed by atoms with E-state index in [-0.39, 0.29) is 6.42 Å². The molecular formula is C32H50N8O11. The zero-order valence-electron chi connectivity index (χ0n) is 29.2. The number of rotatable bonds is 21. The van der Waals surface area contributed by atoms with Crippen molar-refractivity contribution in [2.45, 2.75) is 89.8 Å². The number of aliphatic hydroxyl groups is 2. The van der Waals surface area contributed by atoms with Crippen LogP contribution in [0.4, 0.5) is 0 Å².